The lowest BCUT2D eigenvalue weighted by Crippen LogP contribution is -2.28. The number of carbonyl (C=O) groups is 2. The first-order valence-electron chi connectivity index (χ1n) is 20.1. The van der Waals surface area contributed by atoms with Gasteiger partial charge in [0.25, 0.3) is 5.91 Å². The number of carboxylic acids is 1. The van der Waals surface area contributed by atoms with E-state index in [2.05, 4.69) is 43.3 Å². The average molecular weight is 905 g/mol. The number of nitrogens with two attached hydrogens (primary N) is 1. The number of aromatic carboxylic acids is 1. The van der Waals surface area contributed by atoms with Crippen LogP contribution in [0.1, 0.15) is 65.2 Å². The second-order valence-electron chi connectivity index (χ2n) is 15.7. The highest BCUT2D eigenvalue weighted by molar-refractivity contribution is 7.88. The number of rotatable bonds is 7. The molecule has 0 atom stereocenters. The van der Waals surface area contributed by atoms with Crippen LogP contribution in [0, 0.1) is 55.4 Å². The van der Waals surface area contributed by atoms with Gasteiger partial charge in [0.2, 0.25) is 0 Å². The van der Waals surface area contributed by atoms with E-state index < -0.39 is 27.3 Å². The van der Waals surface area contributed by atoms with E-state index in [1.165, 1.54) is 23.3 Å². The van der Waals surface area contributed by atoms with Gasteiger partial charge in [-0.1, -0.05) is 30.3 Å². The van der Waals surface area contributed by atoms with Crippen molar-refractivity contribution in [2.45, 2.75) is 60.9 Å². The summed E-state index contributed by atoms with van der Waals surface area (Å²) in [6.45, 7) is 15.4. The number of hydrogen-bond acceptors (Lipinski definition) is 8. The first-order valence-corrected chi connectivity index (χ1v) is 21.5. The number of nitrogen functional groups attached to an aromatic ring is 1. The van der Waals surface area contributed by atoms with Crippen molar-refractivity contribution in [2.24, 2.45) is 0 Å². The van der Waals surface area contributed by atoms with Crippen LogP contribution in [0.2, 0.25) is 0 Å². The molecule has 16 heteroatoms. The summed E-state index contributed by atoms with van der Waals surface area (Å²) in [5.74, 6) is -0.492. The number of hydrogen-bond donors (Lipinski definition) is 5. The SMILES string of the molecule is Cc1ccc(N)cc1C.Cc1ccc(NC(=O)c2ccc3nc(-c4c(C)cc(OS(=O)(=O)C(F)(F)F)cc4C)[nH]c3c2)cc1C.Cc1cccc(C)c1-c1nc2ccc(C(=O)O)cc2[nH]1. The molecule has 65 heavy (non-hydrogen) atoms. The maximum absolute atomic E-state index is 12.8. The number of anilines is 2. The number of aromatic amines is 2. The summed E-state index contributed by atoms with van der Waals surface area (Å²) >= 11 is 0. The molecule has 6 N–H and O–H groups in total. The number of nitrogens with one attached hydrogen (secondary N) is 3. The first-order chi connectivity index (χ1) is 30.5. The van der Waals surface area contributed by atoms with Gasteiger partial charge in [0.1, 0.15) is 17.4 Å². The zero-order valence-corrected chi connectivity index (χ0v) is 37.6. The van der Waals surface area contributed by atoms with Crippen molar-refractivity contribution in [3.63, 3.8) is 0 Å². The molecule has 2 heterocycles. The molecular weight excluding hydrogens is 858 g/mol. The number of aromatic nitrogens is 4. The Bertz CT molecular complexity index is 3190. The van der Waals surface area contributed by atoms with Crippen LogP contribution in [0.4, 0.5) is 24.5 Å². The lowest BCUT2D eigenvalue weighted by Gasteiger charge is -2.13. The second kappa shape index (κ2) is 18.7. The van der Waals surface area contributed by atoms with Gasteiger partial charge in [-0.2, -0.15) is 21.6 Å². The van der Waals surface area contributed by atoms with Gasteiger partial charge in [0.05, 0.1) is 27.6 Å². The van der Waals surface area contributed by atoms with Crippen LogP contribution in [0.3, 0.4) is 0 Å². The van der Waals surface area contributed by atoms with Crippen molar-refractivity contribution < 1.29 is 40.5 Å². The molecule has 0 saturated heterocycles. The predicted octanol–water partition coefficient (Wildman–Crippen LogP) is 11.4. The molecule has 0 unspecified atom stereocenters. The number of aryl methyl sites for hydroxylation is 8. The third-order valence-electron chi connectivity index (χ3n) is 10.7. The molecule has 12 nitrogen and oxygen atoms in total. The van der Waals surface area contributed by atoms with Gasteiger partial charge >= 0.3 is 21.6 Å². The van der Waals surface area contributed by atoms with E-state index in [0.29, 0.717) is 44.8 Å². The Hall–Kier alpha value is -7.46. The standard InChI is InChI=1S/C25H22F3N3O4S.C16H14N2O2.C8H11N/c1-13-5-7-18(9-14(13)2)29-24(32)17-6-8-20-21(12-17)31-23(30-20)22-15(3)10-19(11-16(22)4)35-36(33,34)25(26,27)28;1-9-4-3-5-10(2)14(9)15-17-12-7-6-11(16(19)20)8-13(12)18-15;1-6-3-4-8(9)5-7(6)2/h5-12H,1-4H3,(H,29,32)(H,30,31);3-8H,1-2H3,(H,17,18)(H,19,20);3-5H,9H2,1-2H3. The van der Waals surface area contributed by atoms with E-state index in [9.17, 15) is 31.2 Å². The molecular formula is C49H47F3N6O6S. The van der Waals surface area contributed by atoms with Crippen molar-refractivity contribution in [1.82, 2.24) is 19.9 Å². The number of benzene rings is 6. The highest BCUT2D eigenvalue weighted by Gasteiger charge is 2.48. The zero-order valence-electron chi connectivity index (χ0n) is 36.8. The van der Waals surface area contributed by atoms with Crippen LogP contribution in [-0.4, -0.2) is 50.8 Å². The fourth-order valence-corrected chi connectivity index (χ4v) is 7.47. The number of fused-ring (bicyclic) bond motifs is 2. The first kappa shape index (κ1) is 47.0. The smallest absolute Gasteiger partial charge is 0.478 e. The fraction of sp³-hybridized carbons (Fsp3) is 0.184. The minimum absolute atomic E-state index is 0.259. The molecule has 0 bridgehead atoms. The molecule has 8 aromatic rings. The average Bonchev–Trinajstić information content (AvgIpc) is 3.84. The second-order valence-corrected chi connectivity index (χ2v) is 17.3. The Labute approximate surface area is 373 Å². The summed E-state index contributed by atoms with van der Waals surface area (Å²) in [6.07, 6.45) is 0. The van der Waals surface area contributed by atoms with Crippen LogP contribution < -0.4 is 15.2 Å². The molecule has 0 radical (unpaired) electrons. The number of amides is 1. The summed E-state index contributed by atoms with van der Waals surface area (Å²) < 4.78 is 65.0. The molecule has 0 spiro atoms. The van der Waals surface area contributed by atoms with Gasteiger partial charge in [-0.15, -0.1) is 0 Å². The van der Waals surface area contributed by atoms with Crippen LogP contribution in [-0.2, 0) is 10.1 Å². The van der Waals surface area contributed by atoms with Gasteiger partial charge in [0.15, 0.2) is 0 Å². The molecule has 0 aliphatic heterocycles. The van der Waals surface area contributed by atoms with E-state index >= 15 is 0 Å². The Kier molecular flexibility index (Phi) is 13.5. The maximum atomic E-state index is 12.8. The number of imidazole rings is 2. The van der Waals surface area contributed by atoms with Crippen molar-refractivity contribution in [1.29, 1.82) is 0 Å². The normalized spacial score (nSPS) is 11.4. The van der Waals surface area contributed by atoms with Gasteiger partial charge < -0.3 is 30.3 Å². The Morgan fingerprint density at radius 1 is 0.615 bits per heavy atom. The number of halogens is 3. The van der Waals surface area contributed by atoms with E-state index in [-0.39, 0.29) is 11.5 Å². The molecule has 0 saturated carbocycles. The van der Waals surface area contributed by atoms with Crippen molar-refractivity contribution in [3.8, 4) is 28.5 Å². The largest absolute Gasteiger partial charge is 0.534 e. The number of alkyl halides is 3. The molecule has 336 valence electrons. The number of nitrogens with zero attached hydrogens (tertiary/aromatic N) is 2. The highest BCUT2D eigenvalue weighted by Crippen LogP contribution is 2.34. The molecule has 0 fully saturated rings. The van der Waals surface area contributed by atoms with Crippen molar-refractivity contribution in [2.75, 3.05) is 11.1 Å². The van der Waals surface area contributed by atoms with E-state index in [0.717, 1.165) is 50.4 Å². The molecule has 8 rings (SSSR count). The maximum Gasteiger partial charge on any atom is 0.534 e. The van der Waals surface area contributed by atoms with Crippen LogP contribution in [0.5, 0.6) is 5.75 Å². The third kappa shape index (κ3) is 10.8. The zero-order chi connectivity index (χ0) is 47.5. The van der Waals surface area contributed by atoms with Gasteiger partial charge in [-0.3, -0.25) is 4.79 Å². The fourth-order valence-electron chi connectivity index (χ4n) is 7.02. The Morgan fingerprint density at radius 2 is 1.11 bits per heavy atom. The van der Waals surface area contributed by atoms with Crippen molar-refractivity contribution in [3.05, 3.63) is 159 Å². The van der Waals surface area contributed by atoms with Gasteiger partial charge in [0, 0.05) is 28.1 Å². The minimum Gasteiger partial charge on any atom is -0.478 e. The van der Waals surface area contributed by atoms with Crippen LogP contribution >= 0.6 is 0 Å². The molecule has 1 amide bonds. The number of carbonyl (C=O) groups excluding carboxylic acids is 1. The lowest BCUT2D eigenvalue weighted by atomic mass is 10.0. The quantitative estimate of drug-likeness (QED) is 0.0588. The lowest BCUT2D eigenvalue weighted by molar-refractivity contribution is -0.0500. The molecule has 6 aromatic carbocycles. The van der Waals surface area contributed by atoms with E-state index in [1.54, 1.807) is 50.2 Å². The van der Waals surface area contributed by atoms with E-state index in [4.69, 9.17) is 10.8 Å². The monoisotopic (exact) mass is 904 g/mol. The van der Waals surface area contributed by atoms with Crippen molar-refractivity contribution >= 4 is 55.4 Å². The molecule has 0 aliphatic rings. The summed E-state index contributed by atoms with van der Waals surface area (Å²) in [5.41, 5.74) is 14.4. The van der Waals surface area contributed by atoms with Gasteiger partial charge in [-0.05, 0) is 173 Å². The topological polar surface area (TPSA) is 193 Å². The van der Waals surface area contributed by atoms with Crippen LogP contribution in [0.15, 0.2) is 103 Å². The third-order valence-corrected chi connectivity index (χ3v) is 11.7. The Morgan fingerprint density at radius 3 is 1.60 bits per heavy atom. The molecule has 0 aliphatic carbocycles. The Balaban J connectivity index is 0.000000199. The van der Waals surface area contributed by atoms with Gasteiger partial charge in [-0.25, -0.2) is 14.8 Å². The minimum atomic E-state index is -5.78. The van der Waals surface area contributed by atoms with E-state index in [1.807, 2.05) is 82.3 Å². The summed E-state index contributed by atoms with van der Waals surface area (Å²) in [5, 5.41) is 11.9. The summed E-state index contributed by atoms with van der Waals surface area (Å²) in [4.78, 5) is 39.2. The summed E-state index contributed by atoms with van der Waals surface area (Å²) in [6, 6.07) is 29.9. The predicted molar refractivity (Wildman–Crippen MR) is 249 cm³/mol. The molecule has 2 aromatic heterocycles. The number of carboxylic acid groups (broad SMARTS) is 1. The number of H-pyrrole nitrogens is 2. The highest BCUT2D eigenvalue weighted by atomic mass is 32.2. The summed E-state index contributed by atoms with van der Waals surface area (Å²) in [7, 11) is -5.78. The van der Waals surface area contributed by atoms with Crippen LogP contribution in [0.25, 0.3) is 44.8 Å².